The highest BCUT2D eigenvalue weighted by Crippen LogP contribution is 2.37. The molecule has 3 unspecified atom stereocenters. The molecule has 2 saturated heterocycles. The molecule has 0 aromatic heterocycles. The number of nitrogen functional groups attached to an aromatic ring is 1. The average Bonchev–Trinajstić information content (AvgIpc) is 2.43. The number of aliphatic hydroxyl groups excluding tert-OH is 1. The molecule has 0 amide bonds. The summed E-state index contributed by atoms with van der Waals surface area (Å²) in [5.74, 6) is 1.51. The average molecular weight is 262 g/mol. The number of piperidine rings is 2. The van der Waals surface area contributed by atoms with Gasteiger partial charge in [-0.3, -0.25) is 4.90 Å². The lowest BCUT2D eigenvalue weighted by molar-refractivity contribution is -0.0416. The molecule has 0 radical (unpaired) electrons. The summed E-state index contributed by atoms with van der Waals surface area (Å²) < 4.78 is 6.13. The van der Waals surface area contributed by atoms with E-state index in [1.807, 2.05) is 24.3 Å². The zero-order valence-corrected chi connectivity index (χ0v) is 11.2. The summed E-state index contributed by atoms with van der Waals surface area (Å²) in [5.41, 5.74) is 6.46. The number of ether oxygens (including phenoxy) is 1. The predicted octanol–water partition coefficient (Wildman–Crippen LogP) is 1.49. The number of rotatable bonds is 4. The minimum atomic E-state index is 0.257. The highest BCUT2D eigenvalue weighted by Gasteiger charge is 2.41. The Kier molecular flexibility index (Phi) is 3.62. The zero-order chi connectivity index (χ0) is 13.2. The molecule has 2 heterocycles. The molecule has 19 heavy (non-hydrogen) atoms. The number of hydrogen-bond donors (Lipinski definition) is 2. The Morgan fingerprint density at radius 3 is 2.68 bits per heavy atom. The molecule has 1 aromatic rings. The maximum atomic E-state index is 9.09. The summed E-state index contributed by atoms with van der Waals surface area (Å²) in [6.45, 7) is 2.12. The van der Waals surface area contributed by atoms with E-state index in [-0.39, 0.29) is 6.61 Å². The lowest BCUT2D eigenvalue weighted by atomic mass is 9.77. The van der Waals surface area contributed by atoms with Crippen molar-refractivity contribution in [2.45, 2.75) is 31.4 Å². The van der Waals surface area contributed by atoms with Crippen molar-refractivity contribution in [2.75, 3.05) is 25.4 Å². The number of benzene rings is 1. The smallest absolute Gasteiger partial charge is 0.119 e. The molecule has 1 saturated carbocycles. The Bertz CT molecular complexity index is 421. The molecule has 3 aliphatic rings. The number of aliphatic hydroxyl groups is 1. The Balaban J connectivity index is 1.63. The number of nitrogens with two attached hydrogens (primary N) is 1. The first-order valence-electron chi connectivity index (χ1n) is 7.13. The molecule has 2 bridgehead atoms. The molecule has 4 rings (SSSR count). The minimum absolute atomic E-state index is 0.257. The summed E-state index contributed by atoms with van der Waals surface area (Å²) in [5, 5.41) is 9.09. The van der Waals surface area contributed by atoms with Crippen LogP contribution >= 0.6 is 0 Å². The summed E-state index contributed by atoms with van der Waals surface area (Å²) in [6, 6.07) is 8.24. The van der Waals surface area contributed by atoms with Crippen LogP contribution < -0.4 is 10.5 Å². The Labute approximate surface area is 114 Å². The van der Waals surface area contributed by atoms with Gasteiger partial charge in [-0.05, 0) is 37.1 Å². The summed E-state index contributed by atoms with van der Waals surface area (Å²) in [6.07, 6.45) is 3.88. The van der Waals surface area contributed by atoms with Crippen LogP contribution in [0.1, 0.15) is 19.3 Å². The standard InChI is InChI=1S/C15H22N2O2/c16-12-2-5-14(6-3-12)19-15-9-13-4-1-11(15)10-17(13)7-8-18/h2-3,5-6,11,13,15,18H,1,4,7-10,16H2. The Morgan fingerprint density at radius 2 is 2.05 bits per heavy atom. The van der Waals surface area contributed by atoms with Crippen molar-refractivity contribution in [2.24, 2.45) is 5.92 Å². The second-order valence-electron chi connectivity index (χ2n) is 5.67. The number of nitrogens with zero attached hydrogens (tertiary/aromatic N) is 1. The van der Waals surface area contributed by atoms with Gasteiger partial charge in [-0.1, -0.05) is 0 Å². The molecule has 2 aliphatic heterocycles. The lowest BCUT2D eigenvalue weighted by Crippen LogP contribution is -2.56. The third-order valence-electron chi connectivity index (χ3n) is 4.44. The zero-order valence-electron chi connectivity index (χ0n) is 11.2. The maximum Gasteiger partial charge on any atom is 0.119 e. The molecule has 4 heteroatoms. The number of hydrogen-bond acceptors (Lipinski definition) is 4. The second kappa shape index (κ2) is 5.39. The second-order valence-corrected chi connectivity index (χ2v) is 5.67. The summed E-state index contributed by atoms with van der Waals surface area (Å²) in [7, 11) is 0. The molecule has 3 atom stereocenters. The van der Waals surface area contributed by atoms with E-state index < -0.39 is 0 Å². The van der Waals surface area contributed by atoms with Crippen molar-refractivity contribution in [3.63, 3.8) is 0 Å². The fourth-order valence-electron chi connectivity index (χ4n) is 3.43. The van der Waals surface area contributed by atoms with Crippen LogP contribution in [0.3, 0.4) is 0 Å². The fraction of sp³-hybridized carbons (Fsp3) is 0.600. The quantitative estimate of drug-likeness (QED) is 0.807. The van der Waals surface area contributed by atoms with Crippen LogP contribution in [0, 0.1) is 5.92 Å². The van der Waals surface area contributed by atoms with Crippen molar-refractivity contribution < 1.29 is 9.84 Å². The van der Waals surface area contributed by atoms with Crippen molar-refractivity contribution in [3.05, 3.63) is 24.3 Å². The highest BCUT2D eigenvalue weighted by atomic mass is 16.5. The largest absolute Gasteiger partial charge is 0.490 e. The molecule has 1 aliphatic carbocycles. The van der Waals surface area contributed by atoms with Crippen molar-refractivity contribution >= 4 is 5.69 Å². The molecule has 0 spiro atoms. The van der Waals surface area contributed by atoms with Crippen LogP contribution in [0.2, 0.25) is 0 Å². The van der Waals surface area contributed by atoms with E-state index in [2.05, 4.69) is 4.90 Å². The van der Waals surface area contributed by atoms with E-state index in [0.29, 0.717) is 18.1 Å². The van der Waals surface area contributed by atoms with E-state index in [4.69, 9.17) is 15.6 Å². The minimum Gasteiger partial charge on any atom is -0.490 e. The fourth-order valence-corrected chi connectivity index (χ4v) is 3.43. The van der Waals surface area contributed by atoms with Gasteiger partial charge in [0.1, 0.15) is 11.9 Å². The normalized spacial score (nSPS) is 30.5. The summed E-state index contributed by atoms with van der Waals surface area (Å²) >= 11 is 0. The van der Waals surface area contributed by atoms with Gasteiger partial charge in [0.2, 0.25) is 0 Å². The van der Waals surface area contributed by atoms with Gasteiger partial charge in [0.05, 0.1) is 6.61 Å². The van der Waals surface area contributed by atoms with Crippen molar-refractivity contribution in [3.8, 4) is 5.75 Å². The number of anilines is 1. The van der Waals surface area contributed by atoms with Gasteiger partial charge in [-0.25, -0.2) is 0 Å². The van der Waals surface area contributed by atoms with Crippen LogP contribution in [0.15, 0.2) is 24.3 Å². The SMILES string of the molecule is Nc1ccc(OC2CC3CCC2CN3CCO)cc1. The Hall–Kier alpha value is -1.26. The third kappa shape index (κ3) is 2.69. The summed E-state index contributed by atoms with van der Waals surface area (Å²) in [4.78, 5) is 2.41. The van der Waals surface area contributed by atoms with Gasteiger partial charge < -0.3 is 15.6 Å². The van der Waals surface area contributed by atoms with Gasteiger partial charge in [0, 0.05) is 37.2 Å². The predicted molar refractivity (Wildman–Crippen MR) is 75.1 cm³/mol. The van der Waals surface area contributed by atoms with E-state index >= 15 is 0 Å². The first-order valence-corrected chi connectivity index (χ1v) is 7.13. The molecule has 104 valence electrons. The van der Waals surface area contributed by atoms with Crippen LogP contribution in [0.25, 0.3) is 0 Å². The molecule has 3 N–H and O–H groups in total. The van der Waals surface area contributed by atoms with E-state index in [1.165, 1.54) is 12.8 Å². The third-order valence-corrected chi connectivity index (χ3v) is 4.44. The number of fused-ring (bicyclic) bond motifs is 3. The van der Waals surface area contributed by atoms with Gasteiger partial charge in [0.25, 0.3) is 0 Å². The van der Waals surface area contributed by atoms with E-state index in [0.717, 1.165) is 30.9 Å². The van der Waals surface area contributed by atoms with Crippen LogP contribution in [0.4, 0.5) is 5.69 Å². The van der Waals surface area contributed by atoms with Crippen molar-refractivity contribution in [1.82, 2.24) is 4.90 Å². The lowest BCUT2D eigenvalue weighted by Gasteiger charge is -2.49. The van der Waals surface area contributed by atoms with Crippen molar-refractivity contribution in [1.29, 1.82) is 0 Å². The molecular formula is C15H22N2O2. The first kappa shape index (κ1) is 12.8. The van der Waals surface area contributed by atoms with Gasteiger partial charge >= 0.3 is 0 Å². The highest BCUT2D eigenvalue weighted by molar-refractivity contribution is 5.41. The molecule has 4 nitrogen and oxygen atoms in total. The topological polar surface area (TPSA) is 58.7 Å². The van der Waals surface area contributed by atoms with E-state index in [9.17, 15) is 0 Å². The molecule has 3 fully saturated rings. The van der Waals surface area contributed by atoms with E-state index in [1.54, 1.807) is 0 Å². The van der Waals surface area contributed by atoms with Gasteiger partial charge in [0.15, 0.2) is 0 Å². The monoisotopic (exact) mass is 262 g/mol. The first-order chi connectivity index (χ1) is 9.26. The molecular weight excluding hydrogens is 240 g/mol. The maximum absolute atomic E-state index is 9.09. The van der Waals surface area contributed by atoms with Crippen LogP contribution in [-0.2, 0) is 0 Å². The molecule has 1 aromatic carbocycles. The van der Waals surface area contributed by atoms with Gasteiger partial charge in [-0.15, -0.1) is 0 Å². The van der Waals surface area contributed by atoms with Crippen LogP contribution in [-0.4, -0.2) is 41.8 Å². The Morgan fingerprint density at radius 1 is 1.26 bits per heavy atom. The van der Waals surface area contributed by atoms with Gasteiger partial charge in [-0.2, -0.15) is 0 Å². The van der Waals surface area contributed by atoms with Crippen LogP contribution in [0.5, 0.6) is 5.75 Å².